The monoisotopic (exact) mass is 338 g/mol. The van der Waals surface area contributed by atoms with Crippen molar-refractivity contribution in [2.24, 2.45) is 0 Å². The normalized spacial score (nSPS) is 22.5. The molecule has 1 saturated heterocycles. The molecular formula is C16H22N2O4S. The van der Waals surface area contributed by atoms with Gasteiger partial charge in [0.1, 0.15) is 6.10 Å². The number of morpholine rings is 1. The van der Waals surface area contributed by atoms with Crippen molar-refractivity contribution < 1.29 is 17.9 Å². The van der Waals surface area contributed by atoms with Crippen molar-refractivity contribution in [3.05, 3.63) is 36.6 Å². The van der Waals surface area contributed by atoms with Gasteiger partial charge in [-0.1, -0.05) is 0 Å². The van der Waals surface area contributed by atoms with Gasteiger partial charge in [0, 0.05) is 18.8 Å². The second-order valence-corrected chi connectivity index (χ2v) is 7.57. The molecule has 3 rings (SSSR count). The van der Waals surface area contributed by atoms with Gasteiger partial charge in [0.15, 0.2) is 0 Å². The van der Waals surface area contributed by atoms with Crippen LogP contribution in [0.3, 0.4) is 0 Å². The summed E-state index contributed by atoms with van der Waals surface area (Å²) in [6, 6.07) is 6.89. The predicted octanol–water partition coefficient (Wildman–Crippen LogP) is 1.81. The van der Waals surface area contributed by atoms with Gasteiger partial charge < -0.3 is 14.8 Å². The summed E-state index contributed by atoms with van der Waals surface area (Å²) in [6.45, 7) is 2.44. The van der Waals surface area contributed by atoms with E-state index in [2.05, 4.69) is 5.32 Å². The van der Waals surface area contributed by atoms with Gasteiger partial charge in [-0.05, 0) is 43.2 Å². The molecule has 0 saturated carbocycles. The van der Waals surface area contributed by atoms with E-state index in [1.165, 1.54) is 4.31 Å². The fraction of sp³-hybridized carbons (Fsp3) is 0.500. The number of nitrogens with zero attached hydrogens (tertiary/aromatic N) is 1. The lowest BCUT2D eigenvalue weighted by Gasteiger charge is -2.26. The lowest BCUT2D eigenvalue weighted by Crippen LogP contribution is -2.40. The highest BCUT2D eigenvalue weighted by atomic mass is 32.2. The largest absolute Gasteiger partial charge is 0.497 e. The van der Waals surface area contributed by atoms with Gasteiger partial charge in [-0.15, -0.1) is 0 Å². The first-order valence-electron chi connectivity index (χ1n) is 7.88. The van der Waals surface area contributed by atoms with Gasteiger partial charge in [-0.25, -0.2) is 8.42 Å². The Morgan fingerprint density at radius 1 is 1.17 bits per heavy atom. The molecule has 1 N–H and O–H groups in total. The van der Waals surface area contributed by atoms with E-state index in [1.54, 1.807) is 30.5 Å². The van der Waals surface area contributed by atoms with Crippen molar-refractivity contribution in [2.45, 2.75) is 23.8 Å². The van der Waals surface area contributed by atoms with Crippen LogP contribution in [0.4, 0.5) is 5.69 Å². The molecule has 2 aliphatic rings. The molecule has 2 heterocycles. The quantitative estimate of drug-likeness (QED) is 0.887. The number of hydrogen-bond acceptors (Lipinski definition) is 5. The third-order valence-corrected chi connectivity index (χ3v) is 5.93. The van der Waals surface area contributed by atoms with Gasteiger partial charge in [0.2, 0.25) is 10.0 Å². The van der Waals surface area contributed by atoms with Crippen molar-refractivity contribution >= 4 is 15.7 Å². The minimum atomic E-state index is -3.42. The lowest BCUT2D eigenvalue weighted by molar-refractivity contribution is 0.0730. The summed E-state index contributed by atoms with van der Waals surface area (Å²) in [4.78, 5) is 0.321. The molecule has 1 atom stereocenters. The predicted molar refractivity (Wildman–Crippen MR) is 87.8 cm³/mol. The molecule has 0 radical (unpaired) electrons. The van der Waals surface area contributed by atoms with Crippen LogP contribution in [0.15, 0.2) is 41.5 Å². The van der Waals surface area contributed by atoms with Crippen LogP contribution < -0.4 is 5.32 Å². The number of allylic oxidation sites excluding steroid dienone is 1. The molecule has 0 spiro atoms. The highest BCUT2D eigenvalue weighted by molar-refractivity contribution is 7.89. The Balaban J connectivity index is 1.60. The Morgan fingerprint density at radius 2 is 1.91 bits per heavy atom. The molecular weight excluding hydrogens is 316 g/mol. The minimum absolute atomic E-state index is 0.164. The fourth-order valence-corrected chi connectivity index (χ4v) is 4.06. The zero-order chi connectivity index (χ0) is 16.1. The fourth-order valence-electron chi connectivity index (χ4n) is 2.65. The van der Waals surface area contributed by atoms with Crippen molar-refractivity contribution in [3.63, 3.8) is 0 Å². The number of sulfonamides is 1. The third-order valence-electron chi connectivity index (χ3n) is 4.02. The summed E-state index contributed by atoms with van der Waals surface area (Å²) >= 11 is 0. The molecule has 0 bridgehead atoms. The zero-order valence-corrected chi connectivity index (χ0v) is 13.8. The number of ether oxygens (including phenoxy) is 2. The number of rotatable bonds is 5. The highest BCUT2D eigenvalue weighted by Crippen LogP contribution is 2.20. The highest BCUT2D eigenvalue weighted by Gasteiger charge is 2.26. The van der Waals surface area contributed by atoms with Crippen molar-refractivity contribution in [2.75, 3.05) is 38.2 Å². The summed E-state index contributed by atoms with van der Waals surface area (Å²) in [5.41, 5.74) is 0.893. The molecule has 0 amide bonds. The first-order chi connectivity index (χ1) is 11.2. The van der Waals surface area contributed by atoms with Gasteiger partial charge in [0.05, 0.1) is 30.9 Å². The van der Waals surface area contributed by atoms with Gasteiger partial charge in [-0.2, -0.15) is 4.31 Å². The van der Waals surface area contributed by atoms with Crippen LogP contribution in [0.2, 0.25) is 0 Å². The maximum absolute atomic E-state index is 12.5. The summed E-state index contributed by atoms with van der Waals surface area (Å²) < 4.78 is 37.2. The molecule has 126 valence electrons. The topological polar surface area (TPSA) is 67.9 Å². The Morgan fingerprint density at radius 3 is 2.57 bits per heavy atom. The van der Waals surface area contributed by atoms with Crippen LogP contribution in [0.1, 0.15) is 12.8 Å². The summed E-state index contributed by atoms with van der Waals surface area (Å²) in [7, 11) is -3.42. The van der Waals surface area contributed by atoms with E-state index < -0.39 is 10.0 Å². The van der Waals surface area contributed by atoms with E-state index in [4.69, 9.17) is 9.47 Å². The van der Waals surface area contributed by atoms with E-state index in [0.717, 1.165) is 18.5 Å². The number of anilines is 1. The lowest BCUT2D eigenvalue weighted by atomic mass is 10.1. The maximum atomic E-state index is 12.5. The number of nitrogens with one attached hydrogen (secondary N) is 1. The second kappa shape index (κ2) is 7.33. The van der Waals surface area contributed by atoms with Crippen molar-refractivity contribution in [3.8, 4) is 0 Å². The molecule has 2 aliphatic heterocycles. The second-order valence-electron chi connectivity index (χ2n) is 5.63. The molecule has 0 aromatic heterocycles. The van der Waals surface area contributed by atoms with Crippen LogP contribution >= 0.6 is 0 Å². The number of hydrogen-bond donors (Lipinski definition) is 1. The minimum Gasteiger partial charge on any atom is -0.497 e. The third kappa shape index (κ3) is 4.04. The van der Waals surface area contributed by atoms with Crippen LogP contribution in [-0.4, -0.2) is 51.7 Å². The summed E-state index contributed by atoms with van der Waals surface area (Å²) in [5.74, 6) is 0. The molecule has 0 aliphatic carbocycles. The first-order valence-corrected chi connectivity index (χ1v) is 9.32. The number of benzene rings is 1. The first kappa shape index (κ1) is 16.3. The average Bonchev–Trinajstić information content (AvgIpc) is 2.62. The van der Waals surface area contributed by atoms with Crippen LogP contribution in [-0.2, 0) is 19.5 Å². The molecule has 1 aromatic carbocycles. The van der Waals surface area contributed by atoms with Crippen LogP contribution in [0.5, 0.6) is 0 Å². The molecule has 7 heteroatoms. The Labute approximate surface area is 137 Å². The van der Waals surface area contributed by atoms with E-state index in [1.807, 2.05) is 6.08 Å². The SMILES string of the molecule is O=S(=O)(c1ccc(NCC2CCC=CO2)cc1)N1CCOCC1. The Hall–Kier alpha value is -1.57. The van der Waals surface area contributed by atoms with Crippen molar-refractivity contribution in [1.82, 2.24) is 4.31 Å². The van der Waals surface area contributed by atoms with Gasteiger partial charge in [0.25, 0.3) is 0 Å². The molecule has 1 fully saturated rings. The van der Waals surface area contributed by atoms with E-state index in [0.29, 0.717) is 37.7 Å². The van der Waals surface area contributed by atoms with Crippen LogP contribution in [0, 0.1) is 0 Å². The smallest absolute Gasteiger partial charge is 0.243 e. The van der Waals surface area contributed by atoms with E-state index in [-0.39, 0.29) is 6.10 Å². The average molecular weight is 338 g/mol. The van der Waals surface area contributed by atoms with Gasteiger partial charge >= 0.3 is 0 Å². The van der Waals surface area contributed by atoms with Crippen molar-refractivity contribution in [1.29, 1.82) is 0 Å². The van der Waals surface area contributed by atoms with Gasteiger partial charge in [-0.3, -0.25) is 0 Å². The standard InChI is InChI=1S/C16H22N2O4S/c19-23(20,18-8-11-21-12-9-18)16-6-4-14(5-7-16)17-13-15-3-1-2-10-22-15/h2,4-7,10,15,17H,1,3,8-9,11-13H2. The van der Waals surface area contributed by atoms with E-state index in [9.17, 15) is 8.42 Å². The zero-order valence-electron chi connectivity index (χ0n) is 13.0. The molecule has 1 aromatic rings. The Kier molecular flexibility index (Phi) is 5.20. The van der Waals surface area contributed by atoms with E-state index >= 15 is 0 Å². The molecule has 6 nitrogen and oxygen atoms in total. The molecule has 1 unspecified atom stereocenters. The molecule has 23 heavy (non-hydrogen) atoms. The Bertz CT molecular complexity index is 637. The summed E-state index contributed by atoms with van der Waals surface area (Å²) in [6.07, 6.45) is 5.95. The summed E-state index contributed by atoms with van der Waals surface area (Å²) in [5, 5.41) is 3.29. The van der Waals surface area contributed by atoms with Crippen LogP contribution in [0.25, 0.3) is 0 Å². The maximum Gasteiger partial charge on any atom is 0.243 e.